The van der Waals surface area contributed by atoms with E-state index in [1.165, 1.54) is 17.7 Å². The number of nitrogens with zero attached hydrogens (tertiary/aromatic N) is 7. The lowest BCUT2D eigenvalue weighted by molar-refractivity contribution is 0.222. The molecule has 6 aromatic rings. The van der Waals surface area contributed by atoms with Crippen LogP contribution in [0.4, 0.5) is 5.82 Å². The smallest absolute Gasteiger partial charge is 0.316 e. The van der Waals surface area contributed by atoms with Crippen molar-refractivity contribution >= 4 is 33.0 Å². The Morgan fingerprint density at radius 2 is 1.77 bits per heavy atom. The highest BCUT2D eigenvalue weighted by Crippen LogP contribution is 2.36. The van der Waals surface area contributed by atoms with Crippen LogP contribution in [0.2, 0.25) is 0 Å². The number of nitrogen functional groups attached to an aromatic ring is 1. The van der Waals surface area contributed by atoms with E-state index < -0.39 is 0 Å². The quantitative estimate of drug-likeness (QED) is 0.298. The molecule has 0 unspecified atom stereocenters. The number of fused-ring (bicyclic) bond motifs is 2. The summed E-state index contributed by atoms with van der Waals surface area (Å²) in [7, 11) is 0. The number of benzene rings is 1. The summed E-state index contributed by atoms with van der Waals surface area (Å²) in [5, 5.41) is 7.55. The van der Waals surface area contributed by atoms with E-state index in [1.807, 2.05) is 64.3 Å². The minimum atomic E-state index is -0.370. The number of nitrogens with two attached hydrogens (primary N) is 1. The highest BCUT2D eigenvalue weighted by atomic mass is 32.1. The molecule has 0 spiro atoms. The second-order valence-electron chi connectivity index (χ2n) is 10.0. The summed E-state index contributed by atoms with van der Waals surface area (Å²) in [6.07, 6.45) is 4.68. The summed E-state index contributed by atoms with van der Waals surface area (Å²) in [4.78, 5) is 32.3. The van der Waals surface area contributed by atoms with E-state index in [0.717, 1.165) is 27.2 Å². The average Bonchev–Trinajstić information content (AvgIpc) is 3.50. The van der Waals surface area contributed by atoms with Crippen molar-refractivity contribution in [3.05, 3.63) is 81.6 Å². The molecule has 0 amide bonds. The molecule has 2 N–H and O–H groups in total. The Morgan fingerprint density at radius 3 is 2.50 bits per heavy atom. The van der Waals surface area contributed by atoms with Gasteiger partial charge in [-0.1, -0.05) is 29.8 Å². The lowest BCUT2D eigenvalue weighted by Gasteiger charge is -2.18. The number of aryl methyl sites for hydroxylation is 2. The summed E-state index contributed by atoms with van der Waals surface area (Å²) in [6, 6.07) is 9.97. The van der Waals surface area contributed by atoms with Crippen LogP contribution in [-0.4, -0.2) is 40.2 Å². The van der Waals surface area contributed by atoms with Crippen molar-refractivity contribution in [3.63, 3.8) is 0 Å². The van der Waals surface area contributed by atoms with E-state index in [4.69, 9.17) is 15.6 Å². The summed E-state index contributed by atoms with van der Waals surface area (Å²) in [5.41, 5.74) is 12.3. The third-order valence-corrected chi connectivity index (χ3v) is 7.79. The number of hydrogen-bond acceptors (Lipinski definition) is 9. The van der Waals surface area contributed by atoms with Gasteiger partial charge >= 0.3 is 6.01 Å². The predicted molar refractivity (Wildman–Crippen MR) is 157 cm³/mol. The lowest BCUT2D eigenvalue weighted by Crippen LogP contribution is -2.21. The SMILES string of the molecule is Cc1cccc(-c2c([C@H](C)n3nc(-c4cnc(OC(C)C)nc4)c4c(N)ncnc43)cc3scc(C)n3c2=O)c1. The van der Waals surface area contributed by atoms with Crippen molar-refractivity contribution in [2.45, 2.75) is 46.8 Å². The van der Waals surface area contributed by atoms with Gasteiger partial charge in [0.05, 0.1) is 23.1 Å². The zero-order chi connectivity index (χ0) is 28.1. The fourth-order valence-corrected chi connectivity index (χ4v) is 5.88. The first-order chi connectivity index (χ1) is 19.2. The van der Waals surface area contributed by atoms with Crippen LogP contribution in [0, 0.1) is 13.8 Å². The second-order valence-corrected chi connectivity index (χ2v) is 10.9. The van der Waals surface area contributed by atoms with Crippen LogP contribution in [0.1, 0.15) is 43.6 Å². The van der Waals surface area contributed by atoms with E-state index in [2.05, 4.69) is 26.0 Å². The predicted octanol–water partition coefficient (Wildman–Crippen LogP) is 5.22. The monoisotopic (exact) mass is 552 g/mol. The van der Waals surface area contributed by atoms with Crippen LogP contribution in [0.5, 0.6) is 6.01 Å². The largest absolute Gasteiger partial charge is 0.461 e. The molecule has 1 atom stereocenters. The molecule has 0 fully saturated rings. The second kappa shape index (κ2) is 9.83. The Labute approximate surface area is 234 Å². The Morgan fingerprint density at radius 1 is 1.00 bits per heavy atom. The highest BCUT2D eigenvalue weighted by molar-refractivity contribution is 7.15. The molecule has 0 aliphatic heterocycles. The van der Waals surface area contributed by atoms with Gasteiger partial charge in [-0.15, -0.1) is 11.3 Å². The van der Waals surface area contributed by atoms with Crippen LogP contribution in [0.3, 0.4) is 0 Å². The maximum atomic E-state index is 14.0. The number of aromatic nitrogens is 7. The number of hydrogen-bond donors (Lipinski definition) is 1. The van der Waals surface area contributed by atoms with Gasteiger partial charge in [-0.05, 0) is 51.8 Å². The molecule has 0 aliphatic rings. The minimum Gasteiger partial charge on any atom is -0.461 e. The highest BCUT2D eigenvalue weighted by Gasteiger charge is 2.26. The van der Waals surface area contributed by atoms with Crippen molar-refractivity contribution in [1.82, 2.24) is 34.1 Å². The van der Waals surface area contributed by atoms with E-state index in [9.17, 15) is 4.79 Å². The van der Waals surface area contributed by atoms with Gasteiger partial charge < -0.3 is 10.5 Å². The molecule has 10 nitrogen and oxygen atoms in total. The first-order valence-electron chi connectivity index (χ1n) is 12.9. The molecular weight excluding hydrogens is 524 g/mol. The number of pyridine rings is 1. The van der Waals surface area contributed by atoms with E-state index >= 15 is 0 Å². The Bertz CT molecular complexity index is 1940. The lowest BCUT2D eigenvalue weighted by atomic mass is 9.96. The van der Waals surface area contributed by atoms with Gasteiger partial charge in [0.2, 0.25) is 0 Å². The van der Waals surface area contributed by atoms with Crippen LogP contribution in [0.25, 0.3) is 38.2 Å². The van der Waals surface area contributed by atoms with E-state index in [0.29, 0.717) is 33.7 Å². The van der Waals surface area contributed by atoms with Crippen LogP contribution >= 0.6 is 11.3 Å². The molecule has 202 valence electrons. The number of ether oxygens (including phenoxy) is 1. The molecule has 0 aliphatic carbocycles. The van der Waals surface area contributed by atoms with Crippen molar-refractivity contribution in [1.29, 1.82) is 0 Å². The minimum absolute atomic E-state index is 0.0491. The van der Waals surface area contributed by atoms with Crippen molar-refractivity contribution < 1.29 is 4.74 Å². The third-order valence-electron chi connectivity index (χ3n) is 6.79. The van der Waals surface area contributed by atoms with Crippen LogP contribution < -0.4 is 16.0 Å². The zero-order valence-electron chi connectivity index (χ0n) is 22.8. The van der Waals surface area contributed by atoms with Gasteiger partial charge in [0, 0.05) is 29.0 Å². The fraction of sp³-hybridized carbons (Fsp3) is 0.241. The number of anilines is 1. The molecular formula is C29H28N8O2S. The molecule has 0 saturated carbocycles. The summed E-state index contributed by atoms with van der Waals surface area (Å²) in [6.45, 7) is 9.80. The average molecular weight is 553 g/mol. The fourth-order valence-electron chi connectivity index (χ4n) is 4.95. The van der Waals surface area contributed by atoms with Crippen LogP contribution in [0.15, 0.2) is 59.2 Å². The maximum Gasteiger partial charge on any atom is 0.316 e. The van der Waals surface area contributed by atoms with Crippen molar-refractivity contribution in [2.24, 2.45) is 0 Å². The van der Waals surface area contributed by atoms with E-state index in [1.54, 1.807) is 21.5 Å². The Balaban J connectivity index is 1.57. The molecule has 1 aromatic carbocycles. The summed E-state index contributed by atoms with van der Waals surface area (Å²) >= 11 is 1.53. The van der Waals surface area contributed by atoms with Crippen LogP contribution in [-0.2, 0) is 0 Å². The molecule has 6 rings (SSSR count). The first kappa shape index (κ1) is 25.6. The summed E-state index contributed by atoms with van der Waals surface area (Å²) < 4.78 is 9.17. The Hall–Kier alpha value is -4.64. The standard InChI is InChI=1S/C29H28N8O2S/c1-15(2)39-29-31-11-20(12-32-29)25-24-26(30)33-14-34-27(24)37(35-25)18(5)21-10-22-36(17(4)13-40-22)28(38)23(21)19-8-6-7-16(3)9-19/h6-15,18H,1-5H3,(H2,30,33,34)/t18-/m0/s1. The van der Waals surface area contributed by atoms with Crippen molar-refractivity contribution in [2.75, 3.05) is 5.73 Å². The van der Waals surface area contributed by atoms with E-state index in [-0.39, 0.29) is 23.7 Å². The molecule has 0 radical (unpaired) electrons. The Kier molecular flexibility index (Phi) is 6.30. The number of rotatable bonds is 6. The molecule has 0 bridgehead atoms. The van der Waals surface area contributed by atoms with Gasteiger partial charge in [-0.3, -0.25) is 9.20 Å². The van der Waals surface area contributed by atoms with Crippen molar-refractivity contribution in [3.8, 4) is 28.4 Å². The third kappa shape index (κ3) is 4.28. The van der Waals surface area contributed by atoms with Gasteiger partial charge in [0.1, 0.15) is 22.7 Å². The van der Waals surface area contributed by atoms with Gasteiger partial charge in [0.25, 0.3) is 5.56 Å². The zero-order valence-corrected chi connectivity index (χ0v) is 23.6. The van der Waals surface area contributed by atoms with Gasteiger partial charge in [-0.2, -0.15) is 5.10 Å². The van der Waals surface area contributed by atoms with Gasteiger partial charge in [0.15, 0.2) is 5.65 Å². The molecule has 5 aromatic heterocycles. The topological polar surface area (TPSA) is 126 Å². The molecule has 0 saturated heterocycles. The maximum absolute atomic E-state index is 14.0. The molecule has 40 heavy (non-hydrogen) atoms. The molecule has 5 heterocycles. The van der Waals surface area contributed by atoms with Gasteiger partial charge in [-0.25, -0.2) is 24.6 Å². The normalized spacial score (nSPS) is 12.4. The first-order valence-corrected chi connectivity index (χ1v) is 13.8. The molecule has 11 heteroatoms. The number of thiazole rings is 1. The summed E-state index contributed by atoms with van der Waals surface area (Å²) in [5.74, 6) is 0.296.